The van der Waals surface area contributed by atoms with Crippen molar-refractivity contribution < 1.29 is 5.11 Å². The highest BCUT2D eigenvalue weighted by Crippen LogP contribution is 2.22. The van der Waals surface area contributed by atoms with E-state index >= 15 is 0 Å². The van der Waals surface area contributed by atoms with Gasteiger partial charge in [-0.1, -0.05) is 36.4 Å². The van der Waals surface area contributed by atoms with E-state index in [4.69, 9.17) is 0 Å². The van der Waals surface area contributed by atoms with Gasteiger partial charge in [0.15, 0.2) is 11.5 Å². The number of fused-ring (bicyclic) bond motifs is 1. The molecule has 0 unspecified atom stereocenters. The highest BCUT2D eigenvalue weighted by atomic mass is 16.3. The van der Waals surface area contributed by atoms with Gasteiger partial charge in [0.1, 0.15) is 11.7 Å². The molecule has 0 aliphatic heterocycles. The first kappa shape index (κ1) is 15.1. The number of benzene rings is 1. The molecule has 1 atom stereocenters. The van der Waals surface area contributed by atoms with E-state index in [1.165, 1.54) is 0 Å². The van der Waals surface area contributed by atoms with Gasteiger partial charge in [-0.15, -0.1) is 0 Å². The van der Waals surface area contributed by atoms with Crippen molar-refractivity contribution in [3.8, 4) is 6.07 Å². The van der Waals surface area contributed by atoms with Crippen LogP contribution in [0.15, 0.2) is 54.7 Å². The van der Waals surface area contributed by atoms with Crippen LogP contribution in [0, 0.1) is 11.3 Å². The number of hydrogen-bond acceptors (Lipinski definition) is 4. The fourth-order valence-corrected chi connectivity index (χ4v) is 2.71. The predicted molar refractivity (Wildman–Crippen MR) is 89.3 cm³/mol. The lowest BCUT2D eigenvalue weighted by atomic mass is 9.96. The number of nitriles is 1. The topological polar surface area (TPSA) is 73.3 Å². The van der Waals surface area contributed by atoms with Gasteiger partial charge < -0.3 is 10.4 Å². The standard InChI is InChI=1S/C18H18N4O/c19-12-16-18(21-17-8-4-5-10-22(16)17)20-13-15(9-11-23)14-6-2-1-3-7-14/h1-8,10,15,20,23H,9,11,13H2/t15-/m1/s1. The third-order valence-corrected chi connectivity index (χ3v) is 3.90. The van der Waals surface area contributed by atoms with Crippen LogP contribution in [0.3, 0.4) is 0 Å². The van der Waals surface area contributed by atoms with Gasteiger partial charge in [-0.25, -0.2) is 4.98 Å². The van der Waals surface area contributed by atoms with Gasteiger partial charge in [-0.05, 0) is 24.1 Å². The molecule has 0 fully saturated rings. The Morgan fingerprint density at radius 3 is 2.70 bits per heavy atom. The first-order valence-electron chi connectivity index (χ1n) is 7.60. The van der Waals surface area contributed by atoms with Gasteiger partial charge in [-0.2, -0.15) is 5.26 Å². The van der Waals surface area contributed by atoms with Crippen LogP contribution in [0.2, 0.25) is 0 Å². The van der Waals surface area contributed by atoms with Crippen molar-refractivity contribution in [3.63, 3.8) is 0 Å². The number of hydrogen-bond donors (Lipinski definition) is 2. The van der Waals surface area contributed by atoms with Gasteiger partial charge >= 0.3 is 0 Å². The molecule has 1 aromatic carbocycles. The average Bonchev–Trinajstić information content (AvgIpc) is 2.96. The van der Waals surface area contributed by atoms with Crippen LogP contribution in [-0.4, -0.2) is 27.6 Å². The van der Waals surface area contributed by atoms with E-state index in [2.05, 4.69) is 28.5 Å². The Kier molecular flexibility index (Phi) is 4.55. The Balaban J connectivity index is 1.83. The van der Waals surface area contributed by atoms with Crippen molar-refractivity contribution in [2.24, 2.45) is 0 Å². The summed E-state index contributed by atoms with van der Waals surface area (Å²) in [6, 6.07) is 17.9. The number of pyridine rings is 1. The summed E-state index contributed by atoms with van der Waals surface area (Å²) in [6.07, 6.45) is 2.49. The van der Waals surface area contributed by atoms with Gasteiger partial charge in [0.2, 0.25) is 0 Å². The predicted octanol–water partition coefficient (Wildman–Crippen LogP) is 2.78. The number of rotatable bonds is 6. The van der Waals surface area contributed by atoms with Gasteiger partial charge in [0.25, 0.3) is 0 Å². The minimum absolute atomic E-state index is 0.123. The lowest BCUT2D eigenvalue weighted by Crippen LogP contribution is -2.15. The summed E-state index contributed by atoms with van der Waals surface area (Å²) in [7, 11) is 0. The molecule has 0 aliphatic rings. The van der Waals surface area contributed by atoms with E-state index in [0.29, 0.717) is 24.5 Å². The molecule has 3 rings (SSSR count). The SMILES string of the molecule is N#Cc1c(NC[C@@H](CCO)c2ccccc2)nc2ccccn12. The monoisotopic (exact) mass is 306 g/mol. The molecule has 3 aromatic rings. The molecule has 116 valence electrons. The lowest BCUT2D eigenvalue weighted by Gasteiger charge is -2.17. The number of aliphatic hydroxyl groups is 1. The van der Waals surface area contributed by atoms with Crippen molar-refractivity contribution >= 4 is 11.5 Å². The van der Waals surface area contributed by atoms with Crippen LogP contribution in [0.5, 0.6) is 0 Å². The number of imidazole rings is 1. The molecule has 5 heteroatoms. The third-order valence-electron chi connectivity index (χ3n) is 3.90. The quantitative estimate of drug-likeness (QED) is 0.734. The molecular formula is C18H18N4O. The van der Waals surface area contributed by atoms with Crippen molar-refractivity contribution in [3.05, 3.63) is 66.0 Å². The molecule has 0 amide bonds. The molecule has 2 N–H and O–H groups in total. The van der Waals surface area contributed by atoms with Crippen LogP contribution in [0.4, 0.5) is 5.82 Å². The van der Waals surface area contributed by atoms with Gasteiger partial charge in [0, 0.05) is 25.3 Å². The summed E-state index contributed by atoms with van der Waals surface area (Å²) in [5, 5.41) is 22.0. The Labute approximate surface area is 134 Å². The highest BCUT2D eigenvalue weighted by molar-refractivity contribution is 5.59. The summed E-state index contributed by atoms with van der Waals surface area (Å²) >= 11 is 0. The van der Waals surface area contributed by atoms with Crippen molar-refractivity contribution in [1.29, 1.82) is 5.26 Å². The molecule has 0 bridgehead atoms. The number of nitrogens with one attached hydrogen (secondary N) is 1. The second kappa shape index (κ2) is 6.95. The zero-order valence-electron chi connectivity index (χ0n) is 12.7. The normalized spacial score (nSPS) is 12.0. The summed E-state index contributed by atoms with van der Waals surface area (Å²) in [5.74, 6) is 0.745. The summed E-state index contributed by atoms with van der Waals surface area (Å²) in [6.45, 7) is 0.737. The van der Waals surface area contributed by atoms with Crippen LogP contribution < -0.4 is 5.32 Å². The lowest BCUT2D eigenvalue weighted by molar-refractivity contribution is 0.277. The minimum Gasteiger partial charge on any atom is -0.396 e. The molecule has 0 spiro atoms. The summed E-state index contributed by atoms with van der Waals surface area (Å²) in [5.41, 5.74) is 2.40. The van der Waals surface area contributed by atoms with E-state index < -0.39 is 0 Å². The maximum Gasteiger partial charge on any atom is 0.168 e. The second-order valence-corrected chi connectivity index (χ2v) is 5.35. The van der Waals surface area contributed by atoms with Crippen molar-refractivity contribution in [1.82, 2.24) is 9.38 Å². The van der Waals surface area contributed by atoms with E-state index in [1.807, 2.05) is 42.6 Å². The van der Waals surface area contributed by atoms with Crippen molar-refractivity contribution in [2.45, 2.75) is 12.3 Å². The Hall–Kier alpha value is -2.84. The number of anilines is 1. The maximum absolute atomic E-state index is 9.40. The zero-order valence-corrected chi connectivity index (χ0v) is 12.7. The molecule has 5 nitrogen and oxygen atoms in total. The molecule has 2 heterocycles. The first-order chi connectivity index (χ1) is 11.3. The molecule has 0 saturated carbocycles. The van der Waals surface area contributed by atoms with E-state index in [9.17, 15) is 10.4 Å². The van der Waals surface area contributed by atoms with Gasteiger partial charge in [0.05, 0.1) is 0 Å². The van der Waals surface area contributed by atoms with Gasteiger partial charge in [-0.3, -0.25) is 4.40 Å². The Bertz CT molecular complexity index is 820. The Morgan fingerprint density at radius 2 is 1.96 bits per heavy atom. The summed E-state index contributed by atoms with van der Waals surface area (Å²) in [4.78, 5) is 4.48. The second-order valence-electron chi connectivity index (χ2n) is 5.35. The van der Waals surface area contributed by atoms with E-state index in [1.54, 1.807) is 4.40 Å². The fourth-order valence-electron chi connectivity index (χ4n) is 2.71. The Morgan fingerprint density at radius 1 is 1.17 bits per heavy atom. The molecule has 23 heavy (non-hydrogen) atoms. The third kappa shape index (κ3) is 3.17. The van der Waals surface area contributed by atoms with Crippen LogP contribution in [0.25, 0.3) is 5.65 Å². The molecule has 2 aromatic heterocycles. The largest absolute Gasteiger partial charge is 0.396 e. The number of aliphatic hydroxyl groups excluding tert-OH is 1. The molecule has 0 radical (unpaired) electrons. The number of aromatic nitrogens is 2. The number of nitrogens with zero attached hydrogens (tertiary/aromatic N) is 3. The molecular weight excluding hydrogens is 288 g/mol. The maximum atomic E-state index is 9.40. The highest BCUT2D eigenvalue weighted by Gasteiger charge is 2.15. The fraction of sp³-hybridized carbons (Fsp3) is 0.222. The summed E-state index contributed by atoms with van der Waals surface area (Å²) < 4.78 is 1.77. The molecule has 0 saturated heterocycles. The molecule has 0 aliphatic carbocycles. The van der Waals surface area contributed by atoms with Crippen LogP contribution in [-0.2, 0) is 0 Å². The van der Waals surface area contributed by atoms with Crippen LogP contribution >= 0.6 is 0 Å². The zero-order chi connectivity index (χ0) is 16.1. The average molecular weight is 306 g/mol. The van der Waals surface area contributed by atoms with E-state index in [-0.39, 0.29) is 12.5 Å². The smallest absolute Gasteiger partial charge is 0.168 e. The van der Waals surface area contributed by atoms with E-state index in [0.717, 1.165) is 11.2 Å². The van der Waals surface area contributed by atoms with Crippen LogP contribution in [0.1, 0.15) is 23.6 Å². The first-order valence-corrected chi connectivity index (χ1v) is 7.60. The minimum atomic E-state index is 0.123. The van der Waals surface area contributed by atoms with Crippen molar-refractivity contribution in [2.75, 3.05) is 18.5 Å².